The van der Waals surface area contributed by atoms with E-state index in [0.29, 0.717) is 6.54 Å². The summed E-state index contributed by atoms with van der Waals surface area (Å²) < 4.78 is 23.5. The number of rotatable bonds is 3. The molecule has 1 saturated heterocycles. The molecule has 1 aromatic rings. The van der Waals surface area contributed by atoms with Gasteiger partial charge < -0.3 is 10.2 Å². The first-order chi connectivity index (χ1) is 8.50. The highest BCUT2D eigenvalue weighted by Gasteiger charge is 2.32. The van der Waals surface area contributed by atoms with Gasteiger partial charge in [0.05, 0.1) is 23.2 Å². The van der Waals surface area contributed by atoms with Crippen molar-refractivity contribution < 1.29 is 8.42 Å². The van der Waals surface area contributed by atoms with E-state index in [1.165, 1.54) is 6.26 Å². The van der Waals surface area contributed by atoms with Crippen molar-refractivity contribution >= 4 is 15.5 Å². The summed E-state index contributed by atoms with van der Waals surface area (Å²) in [6.45, 7) is 4.12. The highest BCUT2D eigenvalue weighted by atomic mass is 32.2. The molecule has 1 fully saturated rings. The maximum atomic E-state index is 11.7. The molecule has 5 nitrogen and oxygen atoms in total. The monoisotopic (exact) mass is 269 g/mol. The first-order valence-electron chi connectivity index (χ1n) is 6.06. The minimum Gasteiger partial charge on any atom is -0.363 e. The quantitative estimate of drug-likeness (QED) is 0.855. The smallest absolute Gasteiger partial charge is 0.152 e. The van der Waals surface area contributed by atoms with E-state index in [9.17, 15) is 8.42 Å². The van der Waals surface area contributed by atoms with Crippen LogP contribution in [0.5, 0.6) is 0 Å². The van der Waals surface area contributed by atoms with Crippen LogP contribution in [0.4, 0.5) is 5.69 Å². The highest BCUT2D eigenvalue weighted by Crippen LogP contribution is 2.21. The first kappa shape index (κ1) is 13.3. The number of anilines is 1. The lowest BCUT2D eigenvalue weighted by Crippen LogP contribution is -2.57. The number of sulfone groups is 1. The predicted octanol–water partition coefficient (Wildman–Crippen LogP) is 0.293. The van der Waals surface area contributed by atoms with Crippen molar-refractivity contribution in [2.75, 3.05) is 30.8 Å². The summed E-state index contributed by atoms with van der Waals surface area (Å²) in [6, 6.07) is 3.80. The Kier molecular flexibility index (Phi) is 3.87. The Morgan fingerprint density at radius 2 is 2.33 bits per heavy atom. The van der Waals surface area contributed by atoms with Gasteiger partial charge in [-0.3, -0.25) is 4.98 Å². The van der Waals surface area contributed by atoms with E-state index in [2.05, 4.69) is 15.2 Å². The molecule has 1 aliphatic heterocycles. The lowest BCUT2D eigenvalue weighted by molar-refractivity contribution is 0.459. The molecule has 6 heteroatoms. The number of piperazine rings is 1. The third-order valence-corrected chi connectivity index (χ3v) is 5.14. The standard InChI is InChI=1S/C12H19N3O2S/c1-10(18(2,16)17)12-9-14-6-7-15(12)11-4-3-5-13-8-11/h3-5,8,10,12,14H,6-7,9H2,1-2H3. The van der Waals surface area contributed by atoms with Crippen molar-refractivity contribution in [1.29, 1.82) is 0 Å². The highest BCUT2D eigenvalue weighted by molar-refractivity contribution is 7.91. The summed E-state index contributed by atoms with van der Waals surface area (Å²) in [5.41, 5.74) is 0.986. The fraction of sp³-hybridized carbons (Fsp3) is 0.583. The van der Waals surface area contributed by atoms with Crippen LogP contribution < -0.4 is 10.2 Å². The molecule has 1 N–H and O–H groups in total. The van der Waals surface area contributed by atoms with Gasteiger partial charge in [0.2, 0.25) is 0 Å². The van der Waals surface area contributed by atoms with E-state index in [1.807, 2.05) is 12.1 Å². The molecule has 2 unspecified atom stereocenters. The molecule has 100 valence electrons. The van der Waals surface area contributed by atoms with Crippen LogP contribution >= 0.6 is 0 Å². The van der Waals surface area contributed by atoms with Crippen LogP contribution in [0.3, 0.4) is 0 Å². The molecule has 0 bridgehead atoms. The molecule has 2 atom stereocenters. The summed E-state index contributed by atoms with van der Waals surface area (Å²) in [7, 11) is -3.05. The maximum absolute atomic E-state index is 11.7. The van der Waals surface area contributed by atoms with Gasteiger partial charge in [0, 0.05) is 32.1 Å². The summed E-state index contributed by atoms with van der Waals surface area (Å²) in [5.74, 6) is 0. The largest absolute Gasteiger partial charge is 0.363 e. The number of aromatic nitrogens is 1. The lowest BCUT2D eigenvalue weighted by Gasteiger charge is -2.40. The fourth-order valence-electron chi connectivity index (χ4n) is 2.27. The first-order valence-corrected chi connectivity index (χ1v) is 8.02. The molecule has 2 rings (SSSR count). The van der Waals surface area contributed by atoms with Crippen molar-refractivity contribution in [2.45, 2.75) is 18.2 Å². The normalized spacial score (nSPS) is 22.8. The molecule has 0 amide bonds. The summed E-state index contributed by atoms with van der Waals surface area (Å²) in [6.07, 6.45) is 4.81. The second-order valence-electron chi connectivity index (χ2n) is 4.71. The number of nitrogens with one attached hydrogen (secondary N) is 1. The van der Waals surface area contributed by atoms with Crippen LogP contribution in [-0.4, -0.2) is 50.6 Å². The molecular formula is C12H19N3O2S. The molecule has 0 spiro atoms. The summed E-state index contributed by atoms with van der Waals surface area (Å²) in [5, 5.41) is 2.86. The van der Waals surface area contributed by atoms with Gasteiger partial charge in [0.25, 0.3) is 0 Å². The molecule has 0 radical (unpaired) electrons. The van der Waals surface area contributed by atoms with Crippen molar-refractivity contribution in [2.24, 2.45) is 0 Å². The second kappa shape index (κ2) is 5.24. The third kappa shape index (κ3) is 2.81. The average molecular weight is 269 g/mol. The molecule has 2 heterocycles. The minimum atomic E-state index is -3.05. The van der Waals surface area contributed by atoms with Crippen molar-refractivity contribution in [3.8, 4) is 0 Å². The van der Waals surface area contributed by atoms with Crippen LogP contribution in [0.15, 0.2) is 24.5 Å². The Morgan fingerprint density at radius 1 is 1.56 bits per heavy atom. The average Bonchev–Trinajstić information content (AvgIpc) is 2.38. The van der Waals surface area contributed by atoms with Crippen molar-refractivity contribution in [3.05, 3.63) is 24.5 Å². The van der Waals surface area contributed by atoms with Gasteiger partial charge in [-0.1, -0.05) is 0 Å². The fourth-order valence-corrected chi connectivity index (χ4v) is 3.09. The van der Waals surface area contributed by atoms with Gasteiger partial charge in [-0.05, 0) is 19.1 Å². The maximum Gasteiger partial charge on any atom is 0.152 e. The zero-order chi connectivity index (χ0) is 13.2. The van der Waals surface area contributed by atoms with Crippen LogP contribution in [0.1, 0.15) is 6.92 Å². The molecule has 0 saturated carbocycles. The molecule has 0 aliphatic carbocycles. The van der Waals surface area contributed by atoms with E-state index in [-0.39, 0.29) is 6.04 Å². The Bertz CT molecular complexity index is 489. The number of hydrogen-bond donors (Lipinski definition) is 1. The van der Waals surface area contributed by atoms with Gasteiger partial charge in [-0.15, -0.1) is 0 Å². The van der Waals surface area contributed by atoms with Crippen molar-refractivity contribution in [3.63, 3.8) is 0 Å². The second-order valence-corrected chi connectivity index (χ2v) is 7.11. The SMILES string of the molecule is CC(C1CNCCN1c1cccnc1)S(C)(=O)=O. The van der Waals surface area contributed by atoms with Crippen LogP contribution in [-0.2, 0) is 9.84 Å². The summed E-state index contributed by atoms with van der Waals surface area (Å²) >= 11 is 0. The van der Waals surface area contributed by atoms with Gasteiger partial charge >= 0.3 is 0 Å². The third-order valence-electron chi connectivity index (χ3n) is 3.48. The predicted molar refractivity (Wildman–Crippen MR) is 72.5 cm³/mol. The molecule has 0 aromatic carbocycles. The molecule has 1 aliphatic rings. The van der Waals surface area contributed by atoms with Crippen LogP contribution in [0.2, 0.25) is 0 Å². The summed E-state index contributed by atoms with van der Waals surface area (Å²) in [4.78, 5) is 6.24. The Labute approximate surface area is 108 Å². The topological polar surface area (TPSA) is 62.3 Å². The molecule has 18 heavy (non-hydrogen) atoms. The van der Waals surface area contributed by atoms with E-state index in [1.54, 1.807) is 19.3 Å². The molecular weight excluding hydrogens is 250 g/mol. The minimum absolute atomic E-state index is 0.0436. The van der Waals surface area contributed by atoms with Crippen LogP contribution in [0.25, 0.3) is 0 Å². The van der Waals surface area contributed by atoms with E-state index < -0.39 is 15.1 Å². The van der Waals surface area contributed by atoms with E-state index in [4.69, 9.17) is 0 Å². The molecule has 1 aromatic heterocycles. The van der Waals surface area contributed by atoms with Crippen molar-refractivity contribution in [1.82, 2.24) is 10.3 Å². The number of nitrogens with zero attached hydrogens (tertiary/aromatic N) is 2. The van der Waals surface area contributed by atoms with E-state index >= 15 is 0 Å². The van der Waals surface area contributed by atoms with E-state index in [0.717, 1.165) is 18.8 Å². The Balaban J connectivity index is 2.27. The number of pyridine rings is 1. The van der Waals surface area contributed by atoms with Gasteiger partial charge in [0.15, 0.2) is 9.84 Å². The van der Waals surface area contributed by atoms with Crippen LogP contribution in [0, 0.1) is 0 Å². The zero-order valence-electron chi connectivity index (χ0n) is 10.7. The van der Waals surface area contributed by atoms with Gasteiger partial charge in [0.1, 0.15) is 0 Å². The zero-order valence-corrected chi connectivity index (χ0v) is 11.5. The van der Waals surface area contributed by atoms with Gasteiger partial charge in [-0.2, -0.15) is 0 Å². The van der Waals surface area contributed by atoms with Gasteiger partial charge in [-0.25, -0.2) is 8.42 Å². The Hall–Kier alpha value is -1.14. The Morgan fingerprint density at radius 3 is 2.94 bits per heavy atom. The lowest BCUT2D eigenvalue weighted by atomic mass is 10.1. The number of hydrogen-bond acceptors (Lipinski definition) is 5.